The van der Waals surface area contributed by atoms with Gasteiger partial charge in [-0.1, -0.05) is 29.8 Å². The lowest BCUT2D eigenvalue weighted by Crippen LogP contribution is -2.15. The zero-order valence-corrected chi connectivity index (χ0v) is 12.0. The summed E-state index contributed by atoms with van der Waals surface area (Å²) in [6.07, 6.45) is 1.17. The van der Waals surface area contributed by atoms with Crippen molar-refractivity contribution in [1.29, 1.82) is 0 Å². The number of hydrogen-bond acceptors (Lipinski definition) is 3. The van der Waals surface area contributed by atoms with Crippen LogP contribution >= 0.6 is 0 Å². The minimum absolute atomic E-state index is 0.0181. The Labute approximate surface area is 106 Å². The molecule has 0 radical (unpaired) electrons. The van der Waals surface area contributed by atoms with Crippen LogP contribution in [0.1, 0.15) is 23.3 Å². The van der Waals surface area contributed by atoms with Crippen molar-refractivity contribution in [3.8, 4) is 0 Å². The number of rotatable bonds is 5. The molecule has 5 heteroatoms. The standard InChI is InChI=1S/C12H18O3S2/c1-10-5-4-6-12(9-10)11(2)16(13)7-8-17(3,14)15/h4-6,9,11H,7-8H2,1-3H3/t11-,16+/m0/s1. The highest BCUT2D eigenvalue weighted by Gasteiger charge is 2.15. The van der Waals surface area contributed by atoms with E-state index in [2.05, 4.69) is 0 Å². The maximum absolute atomic E-state index is 11.9. The molecule has 0 fully saturated rings. The summed E-state index contributed by atoms with van der Waals surface area (Å²) in [4.78, 5) is 0. The van der Waals surface area contributed by atoms with Gasteiger partial charge >= 0.3 is 0 Å². The van der Waals surface area contributed by atoms with Crippen LogP contribution in [0.15, 0.2) is 24.3 Å². The third-order valence-electron chi connectivity index (χ3n) is 2.56. The fourth-order valence-electron chi connectivity index (χ4n) is 1.49. The van der Waals surface area contributed by atoms with Crippen LogP contribution in [-0.4, -0.2) is 30.4 Å². The van der Waals surface area contributed by atoms with Gasteiger partial charge in [-0.05, 0) is 19.4 Å². The smallest absolute Gasteiger partial charge is 0.148 e. The highest BCUT2D eigenvalue weighted by Crippen LogP contribution is 2.20. The number of hydrogen-bond donors (Lipinski definition) is 0. The van der Waals surface area contributed by atoms with E-state index in [0.29, 0.717) is 0 Å². The highest BCUT2D eigenvalue weighted by molar-refractivity contribution is 7.92. The van der Waals surface area contributed by atoms with Crippen molar-refractivity contribution in [2.24, 2.45) is 0 Å². The van der Waals surface area contributed by atoms with E-state index in [0.717, 1.165) is 11.1 Å². The van der Waals surface area contributed by atoms with E-state index in [-0.39, 0.29) is 16.8 Å². The molecule has 0 spiro atoms. The lowest BCUT2D eigenvalue weighted by molar-refractivity contribution is 0.602. The van der Waals surface area contributed by atoms with Gasteiger partial charge in [0.1, 0.15) is 9.84 Å². The summed E-state index contributed by atoms with van der Waals surface area (Å²) in [7, 11) is -4.19. The third-order valence-corrected chi connectivity index (χ3v) is 5.43. The minimum Gasteiger partial charge on any atom is -0.259 e. The van der Waals surface area contributed by atoms with E-state index in [9.17, 15) is 12.6 Å². The Kier molecular flexibility index (Phi) is 4.89. The van der Waals surface area contributed by atoms with Gasteiger partial charge in [-0.15, -0.1) is 0 Å². The number of sulfone groups is 1. The van der Waals surface area contributed by atoms with E-state index in [1.165, 1.54) is 6.26 Å². The van der Waals surface area contributed by atoms with Gasteiger partial charge in [0, 0.05) is 22.8 Å². The summed E-state index contributed by atoms with van der Waals surface area (Å²) >= 11 is 0. The van der Waals surface area contributed by atoms with Crippen molar-refractivity contribution in [3.63, 3.8) is 0 Å². The first kappa shape index (κ1) is 14.4. The molecule has 2 atom stereocenters. The molecule has 0 unspecified atom stereocenters. The van der Waals surface area contributed by atoms with Gasteiger partial charge in [-0.2, -0.15) is 0 Å². The first-order valence-electron chi connectivity index (χ1n) is 5.41. The lowest BCUT2D eigenvalue weighted by Gasteiger charge is -2.12. The van der Waals surface area contributed by atoms with Crippen LogP contribution in [0.5, 0.6) is 0 Å². The second-order valence-corrected chi connectivity index (χ2v) is 8.41. The molecule has 0 amide bonds. The maximum Gasteiger partial charge on any atom is 0.148 e. The Balaban J connectivity index is 2.70. The van der Waals surface area contributed by atoms with Crippen LogP contribution in [0.2, 0.25) is 0 Å². The van der Waals surface area contributed by atoms with Gasteiger partial charge in [-0.3, -0.25) is 4.21 Å². The average Bonchev–Trinajstić information content (AvgIpc) is 2.24. The van der Waals surface area contributed by atoms with E-state index in [1.54, 1.807) is 0 Å². The van der Waals surface area contributed by atoms with Crippen LogP contribution < -0.4 is 0 Å². The Bertz CT molecular complexity index is 506. The van der Waals surface area contributed by atoms with Gasteiger partial charge in [0.2, 0.25) is 0 Å². The molecular formula is C12H18O3S2. The van der Waals surface area contributed by atoms with Crippen molar-refractivity contribution in [2.45, 2.75) is 19.1 Å². The monoisotopic (exact) mass is 274 g/mol. The Hall–Kier alpha value is -0.680. The molecule has 17 heavy (non-hydrogen) atoms. The van der Waals surface area contributed by atoms with Crippen LogP contribution in [0.4, 0.5) is 0 Å². The molecule has 0 heterocycles. The van der Waals surface area contributed by atoms with Crippen molar-refractivity contribution >= 4 is 20.6 Å². The molecule has 0 aliphatic rings. The molecule has 0 N–H and O–H groups in total. The largest absolute Gasteiger partial charge is 0.259 e. The second kappa shape index (κ2) is 5.78. The molecule has 3 nitrogen and oxygen atoms in total. The van der Waals surface area contributed by atoms with Gasteiger partial charge < -0.3 is 0 Å². The molecular weight excluding hydrogens is 256 g/mol. The zero-order valence-electron chi connectivity index (χ0n) is 10.3. The number of benzene rings is 1. The van der Waals surface area contributed by atoms with Crippen LogP contribution in [-0.2, 0) is 20.6 Å². The van der Waals surface area contributed by atoms with Crippen molar-refractivity contribution in [1.82, 2.24) is 0 Å². The normalized spacial score (nSPS) is 15.5. The molecule has 1 aromatic carbocycles. The molecule has 1 rings (SSSR count). The lowest BCUT2D eigenvalue weighted by atomic mass is 10.1. The minimum atomic E-state index is -3.04. The highest BCUT2D eigenvalue weighted by atomic mass is 32.2. The molecule has 0 saturated carbocycles. The fourth-order valence-corrected chi connectivity index (χ4v) is 4.16. The number of aryl methyl sites for hydroxylation is 1. The molecule has 0 aliphatic carbocycles. The summed E-state index contributed by atoms with van der Waals surface area (Å²) in [5.74, 6) is 0.184. The Morgan fingerprint density at radius 1 is 1.35 bits per heavy atom. The molecule has 0 bridgehead atoms. The first-order valence-corrected chi connectivity index (χ1v) is 8.85. The van der Waals surface area contributed by atoms with Crippen LogP contribution in [0.25, 0.3) is 0 Å². The molecule has 0 aliphatic heterocycles. The second-order valence-electron chi connectivity index (χ2n) is 4.27. The predicted octanol–water partition coefficient (Wildman–Crippen LogP) is 1.85. The topological polar surface area (TPSA) is 51.2 Å². The molecule has 1 aromatic rings. The summed E-state index contributed by atoms with van der Waals surface area (Å²) in [6, 6.07) is 7.82. The quantitative estimate of drug-likeness (QED) is 0.823. The summed E-state index contributed by atoms with van der Waals surface area (Å²) in [6.45, 7) is 3.85. The van der Waals surface area contributed by atoms with Gasteiger partial charge in [0.05, 0.1) is 11.0 Å². The summed E-state index contributed by atoms with van der Waals surface area (Å²) in [5, 5.41) is -0.128. The maximum atomic E-state index is 11.9. The molecule has 0 aromatic heterocycles. The van der Waals surface area contributed by atoms with Gasteiger partial charge in [-0.25, -0.2) is 8.42 Å². The Morgan fingerprint density at radius 2 is 2.00 bits per heavy atom. The molecule has 96 valence electrons. The van der Waals surface area contributed by atoms with Crippen LogP contribution in [0, 0.1) is 6.92 Å². The van der Waals surface area contributed by atoms with E-state index >= 15 is 0 Å². The molecule has 0 saturated heterocycles. The SMILES string of the molecule is Cc1cccc([C@H](C)[S@](=O)CCS(C)(=O)=O)c1. The zero-order chi connectivity index (χ0) is 13.1. The summed E-state index contributed by atoms with van der Waals surface area (Å²) < 4.78 is 34.0. The van der Waals surface area contributed by atoms with Crippen LogP contribution in [0.3, 0.4) is 0 Å². The van der Waals surface area contributed by atoms with Gasteiger partial charge in [0.25, 0.3) is 0 Å². The third kappa shape index (κ3) is 5.00. The van der Waals surface area contributed by atoms with Gasteiger partial charge in [0.15, 0.2) is 0 Å². The first-order chi connectivity index (χ1) is 7.79. The van der Waals surface area contributed by atoms with Crippen molar-refractivity contribution in [3.05, 3.63) is 35.4 Å². The fraction of sp³-hybridized carbons (Fsp3) is 0.500. The Morgan fingerprint density at radius 3 is 2.53 bits per heavy atom. The summed E-state index contributed by atoms with van der Waals surface area (Å²) in [5.41, 5.74) is 2.12. The van der Waals surface area contributed by atoms with E-state index in [4.69, 9.17) is 0 Å². The van der Waals surface area contributed by atoms with Crippen molar-refractivity contribution in [2.75, 3.05) is 17.8 Å². The van der Waals surface area contributed by atoms with E-state index < -0.39 is 20.6 Å². The predicted molar refractivity (Wildman–Crippen MR) is 72.3 cm³/mol. The van der Waals surface area contributed by atoms with Crippen molar-refractivity contribution < 1.29 is 12.6 Å². The average molecular weight is 274 g/mol. The van der Waals surface area contributed by atoms with E-state index in [1.807, 2.05) is 38.1 Å².